The van der Waals surface area contributed by atoms with Crippen LogP contribution in [0.1, 0.15) is 5.56 Å². The normalized spacial score (nSPS) is 15.4. The number of aromatic nitrogens is 1. The highest BCUT2D eigenvalue weighted by Crippen LogP contribution is 2.19. The number of thioether (sulfide) groups is 1. The van der Waals surface area contributed by atoms with Gasteiger partial charge in [-0.3, -0.25) is 4.99 Å². The van der Waals surface area contributed by atoms with E-state index in [1.54, 1.807) is 18.8 Å². The first-order valence-corrected chi connectivity index (χ1v) is 11.2. The largest absolute Gasteiger partial charge is 0.356 e. The lowest BCUT2D eigenvalue weighted by molar-refractivity contribution is 0.312. The second-order valence-corrected chi connectivity index (χ2v) is 8.57. The summed E-state index contributed by atoms with van der Waals surface area (Å²) in [6.45, 7) is 5.76. The molecule has 0 saturated carbocycles. The molecule has 0 atom stereocenters. The second-order valence-electron chi connectivity index (χ2n) is 6.97. The minimum absolute atomic E-state index is 0.694. The predicted octanol–water partition coefficient (Wildman–Crippen LogP) is 2.94. The summed E-state index contributed by atoms with van der Waals surface area (Å²) in [6, 6.07) is 12.2. The van der Waals surface area contributed by atoms with Crippen LogP contribution in [0.25, 0.3) is 0 Å². The van der Waals surface area contributed by atoms with E-state index in [9.17, 15) is 0 Å². The maximum Gasteiger partial charge on any atom is 0.191 e. The van der Waals surface area contributed by atoms with Gasteiger partial charge in [-0.05, 0) is 42.9 Å². The molecular weight excluding hydrogens is 404 g/mol. The maximum absolute atomic E-state index is 5.92. The highest BCUT2D eigenvalue weighted by Gasteiger charge is 2.14. The monoisotopic (exact) mass is 432 g/mol. The molecule has 0 spiro atoms. The fourth-order valence-electron chi connectivity index (χ4n) is 3.02. The SMILES string of the molecule is CN=C(NCCSc1ccc(Cl)cc1)NCc1ccc(N2CCN(C)CC2)nc1. The predicted molar refractivity (Wildman–Crippen MR) is 124 cm³/mol. The van der Waals surface area contributed by atoms with E-state index in [0.717, 1.165) is 60.8 Å². The smallest absolute Gasteiger partial charge is 0.191 e. The van der Waals surface area contributed by atoms with Gasteiger partial charge in [0.05, 0.1) is 0 Å². The van der Waals surface area contributed by atoms with Gasteiger partial charge in [0.1, 0.15) is 5.82 Å². The Morgan fingerprint density at radius 1 is 1.10 bits per heavy atom. The van der Waals surface area contributed by atoms with E-state index < -0.39 is 0 Å². The number of guanidine groups is 1. The third-order valence-corrected chi connectivity index (χ3v) is 6.06. The topological polar surface area (TPSA) is 55.8 Å². The number of aliphatic imine (C=N–C) groups is 1. The van der Waals surface area contributed by atoms with Gasteiger partial charge >= 0.3 is 0 Å². The number of anilines is 1. The number of hydrogen-bond donors (Lipinski definition) is 2. The van der Waals surface area contributed by atoms with Gasteiger partial charge in [-0.15, -0.1) is 11.8 Å². The Balaban J connectivity index is 1.38. The van der Waals surface area contributed by atoms with Crippen LogP contribution in [-0.2, 0) is 6.54 Å². The lowest BCUT2D eigenvalue weighted by atomic mass is 10.2. The molecule has 0 radical (unpaired) electrons. The molecule has 156 valence electrons. The van der Waals surface area contributed by atoms with Gasteiger partial charge < -0.3 is 20.4 Å². The van der Waals surface area contributed by atoms with Crippen LogP contribution in [0.4, 0.5) is 5.82 Å². The molecule has 0 unspecified atom stereocenters. The third kappa shape index (κ3) is 7.10. The van der Waals surface area contributed by atoms with Crippen molar-refractivity contribution in [2.45, 2.75) is 11.4 Å². The summed E-state index contributed by atoms with van der Waals surface area (Å²) in [6.07, 6.45) is 1.95. The highest BCUT2D eigenvalue weighted by atomic mass is 35.5. The van der Waals surface area contributed by atoms with Crippen LogP contribution in [0.15, 0.2) is 52.5 Å². The van der Waals surface area contributed by atoms with Gasteiger partial charge in [-0.2, -0.15) is 0 Å². The van der Waals surface area contributed by atoms with Crippen LogP contribution in [0.5, 0.6) is 0 Å². The Hall–Kier alpha value is -1.96. The van der Waals surface area contributed by atoms with Crippen LogP contribution in [-0.4, -0.2) is 68.4 Å². The molecular formula is C21H29ClN6S. The number of hydrogen-bond acceptors (Lipinski definition) is 5. The summed E-state index contributed by atoms with van der Waals surface area (Å²) < 4.78 is 0. The summed E-state index contributed by atoms with van der Waals surface area (Å²) in [5.74, 6) is 2.80. The van der Waals surface area contributed by atoms with E-state index in [2.05, 4.69) is 49.6 Å². The van der Waals surface area contributed by atoms with Crippen molar-refractivity contribution in [3.05, 3.63) is 53.2 Å². The lowest BCUT2D eigenvalue weighted by Gasteiger charge is -2.33. The molecule has 0 bridgehead atoms. The van der Waals surface area contributed by atoms with E-state index in [-0.39, 0.29) is 0 Å². The van der Waals surface area contributed by atoms with Gasteiger partial charge in [0, 0.05) is 68.2 Å². The number of pyridine rings is 1. The zero-order chi connectivity index (χ0) is 20.5. The minimum atomic E-state index is 0.694. The van der Waals surface area contributed by atoms with Crippen molar-refractivity contribution in [2.24, 2.45) is 4.99 Å². The van der Waals surface area contributed by atoms with Crippen LogP contribution in [0, 0.1) is 0 Å². The molecule has 1 fully saturated rings. The minimum Gasteiger partial charge on any atom is -0.356 e. The molecule has 2 heterocycles. The molecule has 1 saturated heterocycles. The van der Waals surface area contributed by atoms with Crippen LogP contribution in [0.2, 0.25) is 5.02 Å². The Morgan fingerprint density at radius 2 is 1.86 bits per heavy atom. The fourth-order valence-corrected chi connectivity index (χ4v) is 3.91. The van der Waals surface area contributed by atoms with Crippen molar-refractivity contribution in [3.63, 3.8) is 0 Å². The fraction of sp³-hybridized carbons (Fsp3) is 0.429. The van der Waals surface area contributed by atoms with Gasteiger partial charge in [-0.25, -0.2) is 4.98 Å². The number of rotatable bonds is 7. The maximum atomic E-state index is 5.92. The summed E-state index contributed by atoms with van der Waals surface area (Å²) in [5, 5.41) is 7.46. The zero-order valence-corrected chi connectivity index (χ0v) is 18.6. The number of nitrogens with one attached hydrogen (secondary N) is 2. The lowest BCUT2D eigenvalue weighted by Crippen LogP contribution is -2.44. The molecule has 0 aliphatic carbocycles. The van der Waals surface area contributed by atoms with Crippen LogP contribution >= 0.6 is 23.4 Å². The van der Waals surface area contributed by atoms with Crippen molar-refractivity contribution in [3.8, 4) is 0 Å². The number of piperazine rings is 1. The Labute approximate surface area is 182 Å². The summed E-state index contributed by atoms with van der Waals surface area (Å²) >= 11 is 7.71. The Bertz CT molecular complexity index is 773. The van der Waals surface area contributed by atoms with E-state index in [4.69, 9.17) is 11.6 Å². The van der Waals surface area contributed by atoms with Crippen molar-refractivity contribution in [1.29, 1.82) is 0 Å². The number of nitrogens with zero attached hydrogens (tertiary/aromatic N) is 4. The molecule has 2 aromatic rings. The Morgan fingerprint density at radius 3 is 2.52 bits per heavy atom. The van der Waals surface area contributed by atoms with E-state index >= 15 is 0 Å². The van der Waals surface area contributed by atoms with Crippen molar-refractivity contribution in [1.82, 2.24) is 20.5 Å². The average Bonchev–Trinajstić information content (AvgIpc) is 2.75. The molecule has 8 heteroatoms. The summed E-state index contributed by atoms with van der Waals surface area (Å²) in [4.78, 5) is 14.8. The number of likely N-dealkylation sites (N-methyl/N-ethyl adjacent to an activating group) is 1. The van der Waals surface area contributed by atoms with Crippen molar-refractivity contribution in [2.75, 3.05) is 57.5 Å². The molecule has 1 aliphatic heterocycles. The summed E-state index contributed by atoms with van der Waals surface area (Å²) in [5.41, 5.74) is 1.14. The van der Waals surface area contributed by atoms with Gasteiger partial charge in [0.25, 0.3) is 0 Å². The number of halogens is 1. The third-order valence-electron chi connectivity index (χ3n) is 4.80. The van der Waals surface area contributed by atoms with Crippen LogP contribution < -0.4 is 15.5 Å². The Kier molecular flexibility index (Phi) is 8.46. The molecule has 0 amide bonds. The van der Waals surface area contributed by atoms with Crippen molar-refractivity contribution < 1.29 is 0 Å². The molecule has 2 N–H and O–H groups in total. The van der Waals surface area contributed by atoms with Crippen LogP contribution in [0.3, 0.4) is 0 Å². The quantitative estimate of drug-likeness (QED) is 0.303. The molecule has 6 nitrogen and oxygen atoms in total. The second kappa shape index (κ2) is 11.3. The standard InChI is InChI=1S/C21H29ClN6S/c1-23-21(24-9-14-29-19-6-4-18(22)5-7-19)26-16-17-3-8-20(25-15-17)28-12-10-27(2)11-13-28/h3-8,15H,9-14,16H2,1-2H3,(H2,23,24,26). The average molecular weight is 433 g/mol. The summed E-state index contributed by atoms with van der Waals surface area (Å²) in [7, 11) is 3.95. The van der Waals surface area contributed by atoms with E-state index in [1.165, 1.54) is 4.90 Å². The highest BCUT2D eigenvalue weighted by molar-refractivity contribution is 7.99. The van der Waals surface area contributed by atoms with E-state index in [0.29, 0.717) is 6.54 Å². The zero-order valence-electron chi connectivity index (χ0n) is 17.1. The first kappa shape index (κ1) is 21.7. The molecule has 29 heavy (non-hydrogen) atoms. The van der Waals surface area contributed by atoms with Crippen molar-refractivity contribution >= 4 is 35.1 Å². The van der Waals surface area contributed by atoms with Gasteiger partial charge in [0.15, 0.2) is 5.96 Å². The molecule has 3 rings (SSSR count). The first-order valence-electron chi connectivity index (χ1n) is 9.85. The molecule has 1 aromatic carbocycles. The van der Waals surface area contributed by atoms with Gasteiger partial charge in [-0.1, -0.05) is 17.7 Å². The molecule has 1 aliphatic rings. The first-order chi connectivity index (χ1) is 14.1. The number of benzene rings is 1. The van der Waals surface area contributed by atoms with E-state index in [1.807, 2.05) is 30.5 Å². The van der Waals surface area contributed by atoms with Gasteiger partial charge in [0.2, 0.25) is 0 Å². The molecule has 1 aromatic heterocycles.